The SMILES string of the molecule is CC(F)(F)C(N)Cc1ccc(Cl)s1. The van der Waals surface area contributed by atoms with E-state index in [1.165, 1.54) is 11.3 Å². The minimum atomic E-state index is -2.84. The summed E-state index contributed by atoms with van der Waals surface area (Å²) in [5, 5.41) is 0. The quantitative estimate of drug-likeness (QED) is 0.841. The first-order chi connectivity index (χ1) is 5.89. The zero-order valence-corrected chi connectivity index (χ0v) is 8.63. The molecule has 13 heavy (non-hydrogen) atoms. The van der Waals surface area contributed by atoms with Crippen LogP contribution in [0.15, 0.2) is 12.1 Å². The normalized spacial score (nSPS) is 14.5. The third-order valence-corrected chi connectivity index (χ3v) is 2.95. The van der Waals surface area contributed by atoms with Crippen molar-refractivity contribution >= 4 is 22.9 Å². The van der Waals surface area contributed by atoms with E-state index in [2.05, 4.69) is 0 Å². The molecule has 1 nitrogen and oxygen atoms in total. The molecule has 0 aliphatic rings. The number of thiophene rings is 1. The highest BCUT2D eigenvalue weighted by molar-refractivity contribution is 7.16. The zero-order valence-electron chi connectivity index (χ0n) is 7.06. The van der Waals surface area contributed by atoms with Gasteiger partial charge in [-0.25, -0.2) is 8.78 Å². The average molecular weight is 226 g/mol. The second kappa shape index (κ2) is 3.90. The molecule has 0 aliphatic carbocycles. The summed E-state index contributed by atoms with van der Waals surface area (Å²) in [5.74, 6) is -2.84. The van der Waals surface area contributed by atoms with Gasteiger partial charge in [-0.2, -0.15) is 0 Å². The Hall–Kier alpha value is -0.190. The molecule has 0 spiro atoms. The van der Waals surface area contributed by atoms with Crippen LogP contribution in [0.4, 0.5) is 8.78 Å². The van der Waals surface area contributed by atoms with Gasteiger partial charge in [-0.1, -0.05) is 11.6 Å². The van der Waals surface area contributed by atoms with Crippen LogP contribution in [0.1, 0.15) is 11.8 Å². The molecule has 1 aromatic rings. The van der Waals surface area contributed by atoms with Gasteiger partial charge in [0.15, 0.2) is 0 Å². The molecule has 1 atom stereocenters. The van der Waals surface area contributed by atoms with Crippen molar-refractivity contribution in [1.29, 1.82) is 0 Å². The molecule has 0 aromatic carbocycles. The molecule has 0 fully saturated rings. The number of alkyl halides is 2. The maximum absolute atomic E-state index is 12.7. The second-order valence-corrected chi connectivity index (χ2v) is 4.77. The van der Waals surface area contributed by atoms with Crippen LogP contribution in [-0.2, 0) is 6.42 Å². The lowest BCUT2D eigenvalue weighted by Crippen LogP contribution is -2.39. The summed E-state index contributed by atoms with van der Waals surface area (Å²) < 4.78 is 25.9. The Balaban J connectivity index is 2.60. The van der Waals surface area contributed by atoms with Crippen LogP contribution in [0.3, 0.4) is 0 Å². The van der Waals surface area contributed by atoms with E-state index in [0.29, 0.717) is 4.34 Å². The first-order valence-corrected chi connectivity index (χ1v) is 4.96. The predicted molar refractivity (Wildman–Crippen MR) is 51.6 cm³/mol. The second-order valence-electron chi connectivity index (χ2n) is 2.97. The van der Waals surface area contributed by atoms with Crippen molar-refractivity contribution in [2.75, 3.05) is 0 Å². The van der Waals surface area contributed by atoms with Crippen LogP contribution in [0.5, 0.6) is 0 Å². The van der Waals surface area contributed by atoms with Crippen molar-refractivity contribution in [3.05, 3.63) is 21.3 Å². The summed E-state index contributed by atoms with van der Waals surface area (Å²) in [6, 6.07) is 2.27. The highest BCUT2D eigenvalue weighted by Gasteiger charge is 2.30. The molecule has 0 aliphatic heterocycles. The van der Waals surface area contributed by atoms with E-state index in [9.17, 15) is 8.78 Å². The van der Waals surface area contributed by atoms with Gasteiger partial charge in [0.1, 0.15) is 0 Å². The Morgan fingerprint density at radius 1 is 1.62 bits per heavy atom. The van der Waals surface area contributed by atoms with Crippen molar-refractivity contribution in [3.8, 4) is 0 Å². The number of hydrogen-bond donors (Lipinski definition) is 1. The van der Waals surface area contributed by atoms with Crippen LogP contribution in [0.25, 0.3) is 0 Å². The minimum absolute atomic E-state index is 0.168. The van der Waals surface area contributed by atoms with Crippen molar-refractivity contribution in [1.82, 2.24) is 0 Å². The van der Waals surface area contributed by atoms with Gasteiger partial charge in [0, 0.05) is 18.2 Å². The maximum Gasteiger partial charge on any atom is 0.260 e. The van der Waals surface area contributed by atoms with Gasteiger partial charge in [-0.15, -0.1) is 11.3 Å². The van der Waals surface area contributed by atoms with E-state index in [4.69, 9.17) is 17.3 Å². The Bertz CT molecular complexity index is 282. The molecule has 2 N–H and O–H groups in total. The number of halogens is 3. The molecular formula is C8H10ClF2NS. The van der Waals surface area contributed by atoms with Crippen molar-refractivity contribution < 1.29 is 8.78 Å². The van der Waals surface area contributed by atoms with Crippen LogP contribution in [0, 0.1) is 0 Å². The molecule has 74 valence electrons. The van der Waals surface area contributed by atoms with E-state index in [-0.39, 0.29) is 6.42 Å². The van der Waals surface area contributed by atoms with E-state index < -0.39 is 12.0 Å². The molecule has 0 bridgehead atoms. The molecule has 5 heteroatoms. The Labute approximate surface area is 84.5 Å². The van der Waals surface area contributed by atoms with Crippen LogP contribution < -0.4 is 5.73 Å². The monoisotopic (exact) mass is 225 g/mol. The molecule has 0 saturated carbocycles. The largest absolute Gasteiger partial charge is 0.322 e. The van der Waals surface area contributed by atoms with Crippen molar-refractivity contribution in [3.63, 3.8) is 0 Å². The Kier molecular flexibility index (Phi) is 3.27. The smallest absolute Gasteiger partial charge is 0.260 e. The summed E-state index contributed by atoms with van der Waals surface area (Å²) >= 11 is 6.93. The molecular weight excluding hydrogens is 216 g/mol. The molecule has 0 saturated heterocycles. The molecule has 1 rings (SSSR count). The Morgan fingerprint density at radius 3 is 2.62 bits per heavy atom. The third kappa shape index (κ3) is 3.21. The van der Waals surface area contributed by atoms with Crippen molar-refractivity contribution in [2.24, 2.45) is 5.73 Å². The average Bonchev–Trinajstić information content (AvgIpc) is 2.33. The summed E-state index contributed by atoms with van der Waals surface area (Å²) in [4.78, 5) is 0.791. The third-order valence-electron chi connectivity index (χ3n) is 1.70. The van der Waals surface area contributed by atoms with Gasteiger partial charge in [-0.05, 0) is 12.1 Å². The lowest BCUT2D eigenvalue weighted by molar-refractivity contribution is -0.00490. The lowest BCUT2D eigenvalue weighted by Gasteiger charge is -2.17. The molecule has 1 heterocycles. The number of rotatable bonds is 3. The topological polar surface area (TPSA) is 26.0 Å². The minimum Gasteiger partial charge on any atom is -0.322 e. The van der Waals surface area contributed by atoms with Gasteiger partial charge in [0.2, 0.25) is 0 Å². The first-order valence-electron chi connectivity index (χ1n) is 3.77. The molecule has 0 radical (unpaired) electrons. The molecule has 1 aromatic heterocycles. The Morgan fingerprint density at radius 2 is 2.23 bits per heavy atom. The van der Waals surface area contributed by atoms with Gasteiger partial charge < -0.3 is 5.73 Å². The highest BCUT2D eigenvalue weighted by Crippen LogP contribution is 2.25. The summed E-state index contributed by atoms with van der Waals surface area (Å²) in [6.07, 6.45) is 0.168. The van der Waals surface area contributed by atoms with Gasteiger partial charge in [0.05, 0.1) is 10.4 Å². The van der Waals surface area contributed by atoms with Crippen LogP contribution >= 0.6 is 22.9 Å². The van der Waals surface area contributed by atoms with Gasteiger partial charge >= 0.3 is 0 Å². The number of nitrogens with two attached hydrogens (primary N) is 1. The maximum atomic E-state index is 12.7. The number of hydrogen-bond acceptors (Lipinski definition) is 2. The van der Waals surface area contributed by atoms with Crippen LogP contribution in [-0.4, -0.2) is 12.0 Å². The lowest BCUT2D eigenvalue weighted by atomic mass is 10.1. The standard InChI is InChI=1S/C8H10ClF2NS/c1-8(10,11)6(12)4-5-2-3-7(9)13-5/h2-3,6H,4,12H2,1H3. The summed E-state index contributed by atoms with van der Waals surface area (Å²) in [7, 11) is 0. The fourth-order valence-electron chi connectivity index (χ4n) is 0.857. The van der Waals surface area contributed by atoms with E-state index in [1.807, 2.05) is 0 Å². The van der Waals surface area contributed by atoms with E-state index in [1.54, 1.807) is 12.1 Å². The van der Waals surface area contributed by atoms with E-state index in [0.717, 1.165) is 11.8 Å². The van der Waals surface area contributed by atoms with E-state index >= 15 is 0 Å². The molecule has 0 amide bonds. The fraction of sp³-hybridized carbons (Fsp3) is 0.500. The molecule has 1 unspecified atom stereocenters. The van der Waals surface area contributed by atoms with Gasteiger partial charge in [0.25, 0.3) is 5.92 Å². The summed E-state index contributed by atoms with van der Waals surface area (Å²) in [6.45, 7) is 0.826. The fourth-order valence-corrected chi connectivity index (χ4v) is 2.00. The summed E-state index contributed by atoms with van der Waals surface area (Å²) in [5.41, 5.74) is 5.31. The predicted octanol–water partition coefficient (Wildman–Crippen LogP) is 2.93. The first kappa shape index (κ1) is 10.9. The zero-order chi connectivity index (χ0) is 10.1. The van der Waals surface area contributed by atoms with Gasteiger partial charge in [-0.3, -0.25) is 0 Å². The highest BCUT2D eigenvalue weighted by atomic mass is 35.5. The van der Waals surface area contributed by atoms with Crippen molar-refractivity contribution in [2.45, 2.75) is 25.3 Å². The van der Waals surface area contributed by atoms with Crippen LogP contribution in [0.2, 0.25) is 4.34 Å².